The van der Waals surface area contributed by atoms with Crippen LogP contribution < -0.4 is 5.56 Å². The van der Waals surface area contributed by atoms with Gasteiger partial charge in [-0.05, 0) is 6.92 Å². The molecule has 0 aliphatic carbocycles. The molecule has 0 saturated heterocycles. The molecule has 3 heterocycles. The number of aromatic nitrogens is 5. The molecule has 0 bridgehead atoms. The molecular weight excluding hydrogens is 234 g/mol. The van der Waals surface area contributed by atoms with Crippen LogP contribution in [-0.2, 0) is 13.6 Å². The molecule has 0 aliphatic heterocycles. The fourth-order valence-electron chi connectivity index (χ4n) is 1.83. The fourth-order valence-corrected chi connectivity index (χ4v) is 1.83. The number of hydrogen-bond acceptors (Lipinski definition) is 5. The maximum Gasteiger partial charge on any atom is 0.264 e. The summed E-state index contributed by atoms with van der Waals surface area (Å²) in [5, 5.41) is 8.31. The van der Waals surface area contributed by atoms with Crippen molar-refractivity contribution < 1.29 is 4.52 Å². The topological polar surface area (TPSA) is 78.7 Å². The van der Waals surface area contributed by atoms with E-state index in [0.717, 1.165) is 11.3 Å². The Labute approximate surface area is 102 Å². The van der Waals surface area contributed by atoms with E-state index < -0.39 is 0 Å². The van der Waals surface area contributed by atoms with Gasteiger partial charge in [0.1, 0.15) is 18.0 Å². The Morgan fingerprint density at radius 1 is 1.44 bits per heavy atom. The maximum absolute atomic E-state index is 12.2. The largest absolute Gasteiger partial charge is 0.364 e. The SMILES string of the molecule is Cc1nocc1Cn1cnc2c(cnn2C)c1=O. The summed E-state index contributed by atoms with van der Waals surface area (Å²) in [5.41, 5.74) is 2.10. The van der Waals surface area contributed by atoms with Crippen molar-refractivity contribution in [3.8, 4) is 0 Å². The highest BCUT2D eigenvalue weighted by molar-refractivity contribution is 5.72. The van der Waals surface area contributed by atoms with E-state index in [9.17, 15) is 4.79 Å². The smallest absolute Gasteiger partial charge is 0.264 e. The lowest BCUT2D eigenvalue weighted by molar-refractivity contribution is 0.414. The lowest BCUT2D eigenvalue weighted by Gasteiger charge is -2.03. The molecule has 7 nitrogen and oxygen atoms in total. The normalized spacial score (nSPS) is 11.2. The molecule has 0 radical (unpaired) electrons. The molecule has 0 aromatic carbocycles. The van der Waals surface area contributed by atoms with Crippen LogP contribution >= 0.6 is 0 Å². The Kier molecular flexibility index (Phi) is 2.26. The second-order valence-corrected chi connectivity index (χ2v) is 4.11. The van der Waals surface area contributed by atoms with Gasteiger partial charge in [0.05, 0.1) is 18.4 Å². The van der Waals surface area contributed by atoms with Gasteiger partial charge in [-0.1, -0.05) is 5.16 Å². The van der Waals surface area contributed by atoms with E-state index in [1.165, 1.54) is 23.4 Å². The molecule has 0 spiro atoms. The van der Waals surface area contributed by atoms with Gasteiger partial charge in [-0.3, -0.25) is 14.0 Å². The molecule has 0 amide bonds. The van der Waals surface area contributed by atoms with E-state index in [4.69, 9.17) is 4.52 Å². The van der Waals surface area contributed by atoms with Gasteiger partial charge >= 0.3 is 0 Å². The van der Waals surface area contributed by atoms with E-state index in [1.807, 2.05) is 6.92 Å². The Morgan fingerprint density at radius 3 is 3.00 bits per heavy atom. The molecule has 18 heavy (non-hydrogen) atoms. The van der Waals surface area contributed by atoms with Gasteiger partial charge in [0.25, 0.3) is 5.56 Å². The standard InChI is InChI=1S/C11H11N5O2/c1-7-8(5-18-14-7)4-16-6-12-10-9(11(16)17)3-13-15(10)2/h3,5-6H,4H2,1-2H3. The van der Waals surface area contributed by atoms with E-state index >= 15 is 0 Å². The van der Waals surface area contributed by atoms with E-state index in [-0.39, 0.29) is 5.56 Å². The molecule has 92 valence electrons. The van der Waals surface area contributed by atoms with Crippen molar-refractivity contribution in [3.63, 3.8) is 0 Å². The van der Waals surface area contributed by atoms with Crippen LogP contribution in [0.5, 0.6) is 0 Å². The first-order chi connectivity index (χ1) is 8.66. The molecule has 3 aromatic rings. The number of fused-ring (bicyclic) bond motifs is 1. The Hall–Kier alpha value is -2.44. The summed E-state index contributed by atoms with van der Waals surface area (Å²) < 4.78 is 7.94. The quantitative estimate of drug-likeness (QED) is 0.656. The summed E-state index contributed by atoms with van der Waals surface area (Å²) in [6.45, 7) is 2.23. The van der Waals surface area contributed by atoms with Crippen LogP contribution in [0.1, 0.15) is 11.3 Å². The second kappa shape index (κ2) is 3.80. The van der Waals surface area contributed by atoms with Gasteiger partial charge in [-0.15, -0.1) is 0 Å². The van der Waals surface area contributed by atoms with Gasteiger partial charge in [-0.25, -0.2) is 4.98 Å². The van der Waals surface area contributed by atoms with Gasteiger partial charge in [0, 0.05) is 12.6 Å². The highest BCUT2D eigenvalue weighted by Gasteiger charge is 2.10. The van der Waals surface area contributed by atoms with Crippen LogP contribution in [0.2, 0.25) is 0 Å². The van der Waals surface area contributed by atoms with Crippen molar-refractivity contribution in [1.82, 2.24) is 24.5 Å². The maximum atomic E-state index is 12.2. The lowest BCUT2D eigenvalue weighted by atomic mass is 10.2. The predicted octanol–water partition coefficient (Wildman–Crippen LogP) is 0.475. The summed E-state index contributed by atoms with van der Waals surface area (Å²) in [7, 11) is 1.75. The predicted molar refractivity (Wildman–Crippen MR) is 63.1 cm³/mol. The lowest BCUT2D eigenvalue weighted by Crippen LogP contribution is -2.21. The van der Waals surface area contributed by atoms with Crippen LogP contribution in [0, 0.1) is 6.92 Å². The van der Waals surface area contributed by atoms with Crippen LogP contribution in [0.4, 0.5) is 0 Å². The van der Waals surface area contributed by atoms with Gasteiger partial charge < -0.3 is 4.52 Å². The van der Waals surface area contributed by atoms with Crippen molar-refractivity contribution >= 4 is 11.0 Å². The number of nitrogens with zero attached hydrogens (tertiary/aromatic N) is 5. The number of rotatable bonds is 2. The van der Waals surface area contributed by atoms with Crippen LogP contribution in [0.3, 0.4) is 0 Å². The molecular formula is C11H11N5O2. The summed E-state index contributed by atoms with van der Waals surface area (Å²) in [6, 6.07) is 0. The number of hydrogen-bond donors (Lipinski definition) is 0. The minimum atomic E-state index is -0.117. The third-order valence-corrected chi connectivity index (χ3v) is 2.91. The molecule has 3 aromatic heterocycles. The number of aryl methyl sites for hydroxylation is 2. The summed E-state index contributed by atoms with van der Waals surface area (Å²) in [6.07, 6.45) is 4.58. The Morgan fingerprint density at radius 2 is 2.28 bits per heavy atom. The summed E-state index contributed by atoms with van der Waals surface area (Å²) >= 11 is 0. The van der Waals surface area contributed by atoms with Crippen molar-refractivity contribution in [2.75, 3.05) is 0 Å². The van der Waals surface area contributed by atoms with E-state index in [0.29, 0.717) is 17.6 Å². The molecule has 7 heteroatoms. The first-order valence-electron chi connectivity index (χ1n) is 5.44. The van der Waals surface area contributed by atoms with Crippen molar-refractivity contribution in [1.29, 1.82) is 0 Å². The average molecular weight is 245 g/mol. The third kappa shape index (κ3) is 1.52. The zero-order chi connectivity index (χ0) is 12.7. The Balaban J connectivity index is 2.11. The fraction of sp³-hybridized carbons (Fsp3) is 0.273. The van der Waals surface area contributed by atoms with E-state index in [2.05, 4.69) is 15.2 Å². The highest BCUT2D eigenvalue weighted by Crippen LogP contribution is 2.08. The van der Waals surface area contributed by atoms with Crippen molar-refractivity contribution in [3.05, 3.63) is 40.4 Å². The van der Waals surface area contributed by atoms with Gasteiger partial charge in [0.2, 0.25) is 0 Å². The highest BCUT2D eigenvalue weighted by atomic mass is 16.5. The van der Waals surface area contributed by atoms with Crippen molar-refractivity contribution in [2.45, 2.75) is 13.5 Å². The first-order valence-corrected chi connectivity index (χ1v) is 5.44. The minimum Gasteiger partial charge on any atom is -0.364 e. The zero-order valence-corrected chi connectivity index (χ0v) is 9.99. The summed E-state index contributed by atoms with van der Waals surface area (Å²) in [4.78, 5) is 16.4. The third-order valence-electron chi connectivity index (χ3n) is 2.91. The first kappa shape index (κ1) is 10.7. The van der Waals surface area contributed by atoms with Crippen LogP contribution in [0.15, 0.2) is 28.1 Å². The summed E-state index contributed by atoms with van der Waals surface area (Å²) in [5.74, 6) is 0. The van der Waals surface area contributed by atoms with Crippen molar-refractivity contribution in [2.24, 2.45) is 7.05 Å². The molecule has 0 fully saturated rings. The molecule has 3 rings (SSSR count). The molecule has 0 unspecified atom stereocenters. The molecule has 0 saturated carbocycles. The molecule has 0 N–H and O–H groups in total. The second-order valence-electron chi connectivity index (χ2n) is 4.11. The average Bonchev–Trinajstić information content (AvgIpc) is 2.91. The van der Waals surface area contributed by atoms with Crippen LogP contribution in [0.25, 0.3) is 11.0 Å². The van der Waals surface area contributed by atoms with Gasteiger partial charge in [0.15, 0.2) is 5.65 Å². The van der Waals surface area contributed by atoms with Gasteiger partial charge in [-0.2, -0.15) is 5.10 Å². The zero-order valence-electron chi connectivity index (χ0n) is 9.99. The van der Waals surface area contributed by atoms with Crippen LogP contribution in [-0.4, -0.2) is 24.5 Å². The monoisotopic (exact) mass is 245 g/mol. The molecule has 0 atom stereocenters. The Bertz CT molecular complexity index is 767. The minimum absolute atomic E-state index is 0.117. The van der Waals surface area contributed by atoms with E-state index in [1.54, 1.807) is 11.7 Å². The molecule has 0 aliphatic rings.